The van der Waals surface area contributed by atoms with Gasteiger partial charge in [-0.1, -0.05) is 0 Å². The maximum Gasteiger partial charge on any atom is 3.00 e. The molecule has 65 valence electrons. The van der Waals surface area contributed by atoms with E-state index in [1.54, 1.807) is 0 Å². The SMILES string of the molecule is [Fe+3].[c-]1ccccc1.[c-]1ccccc1. The summed E-state index contributed by atoms with van der Waals surface area (Å²) in [6.07, 6.45) is 0. The van der Waals surface area contributed by atoms with E-state index < -0.39 is 0 Å². The molecule has 2 aromatic carbocycles. The summed E-state index contributed by atoms with van der Waals surface area (Å²) in [5.41, 5.74) is 0. The third-order valence-corrected chi connectivity index (χ3v) is 1.21. The molecule has 0 aliphatic heterocycles. The Morgan fingerprint density at radius 1 is 0.462 bits per heavy atom. The van der Waals surface area contributed by atoms with Gasteiger partial charge in [0, 0.05) is 0 Å². The van der Waals surface area contributed by atoms with Crippen LogP contribution in [0.4, 0.5) is 0 Å². The summed E-state index contributed by atoms with van der Waals surface area (Å²) in [4.78, 5) is 0. The summed E-state index contributed by atoms with van der Waals surface area (Å²) in [5.74, 6) is 0. The van der Waals surface area contributed by atoms with Gasteiger partial charge in [-0.15, -0.1) is 0 Å². The fourth-order valence-electron chi connectivity index (χ4n) is 0.684. The molecular formula is C12H10Fe+. The molecule has 0 aromatic heterocycles. The molecule has 2 rings (SSSR count). The molecule has 1 heteroatoms. The van der Waals surface area contributed by atoms with Crippen LogP contribution in [0, 0.1) is 12.1 Å². The predicted molar refractivity (Wildman–Crippen MR) is 50.6 cm³/mol. The first kappa shape index (κ1) is 12.0. The van der Waals surface area contributed by atoms with E-state index >= 15 is 0 Å². The van der Waals surface area contributed by atoms with E-state index in [9.17, 15) is 0 Å². The summed E-state index contributed by atoms with van der Waals surface area (Å²) >= 11 is 0. The molecule has 0 heterocycles. The summed E-state index contributed by atoms with van der Waals surface area (Å²) in [6.45, 7) is 0. The maximum atomic E-state index is 2.89. The molecular weight excluding hydrogens is 200 g/mol. The summed E-state index contributed by atoms with van der Waals surface area (Å²) in [5, 5.41) is 0. The molecule has 0 aliphatic rings. The average Bonchev–Trinajstić information content (AvgIpc) is 2.24. The van der Waals surface area contributed by atoms with Crippen LogP contribution in [0.1, 0.15) is 0 Å². The molecule has 0 unspecified atom stereocenters. The Bertz CT molecular complexity index is 181. The summed E-state index contributed by atoms with van der Waals surface area (Å²) < 4.78 is 0. The Balaban J connectivity index is 0.000000206. The third-order valence-electron chi connectivity index (χ3n) is 1.21. The van der Waals surface area contributed by atoms with Crippen molar-refractivity contribution in [3.63, 3.8) is 0 Å². The molecule has 0 nitrogen and oxygen atoms in total. The van der Waals surface area contributed by atoms with Gasteiger partial charge in [-0.2, -0.15) is 72.8 Å². The second-order valence-corrected chi connectivity index (χ2v) is 2.15. The van der Waals surface area contributed by atoms with Crippen LogP contribution in [0.25, 0.3) is 0 Å². The molecule has 13 heavy (non-hydrogen) atoms. The van der Waals surface area contributed by atoms with Crippen LogP contribution in [0.15, 0.2) is 60.7 Å². The van der Waals surface area contributed by atoms with E-state index in [1.807, 2.05) is 60.7 Å². The van der Waals surface area contributed by atoms with Crippen LogP contribution in [-0.4, -0.2) is 0 Å². The first-order valence-corrected chi connectivity index (χ1v) is 3.82. The topological polar surface area (TPSA) is 0 Å². The van der Waals surface area contributed by atoms with Crippen LogP contribution in [0.3, 0.4) is 0 Å². The van der Waals surface area contributed by atoms with Crippen molar-refractivity contribution in [2.75, 3.05) is 0 Å². The molecule has 0 spiro atoms. The van der Waals surface area contributed by atoms with E-state index in [0.29, 0.717) is 0 Å². The zero-order chi connectivity index (χ0) is 8.49. The van der Waals surface area contributed by atoms with Gasteiger partial charge in [0.15, 0.2) is 0 Å². The standard InChI is InChI=1S/2C6H5.Fe/c2*1-2-4-6-5-3-1;/h2*1-5H;/q2*-1;+3. The quantitative estimate of drug-likeness (QED) is 0.463. The van der Waals surface area contributed by atoms with Gasteiger partial charge in [0.2, 0.25) is 0 Å². The van der Waals surface area contributed by atoms with E-state index in [0.717, 1.165) is 0 Å². The zero-order valence-electron chi connectivity index (χ0n) is 7.13. The van der Waals surface area contributed by atoms with Crippen molar-refractivity contribution in [2.45, 2.75) is 0 Å². The number of rotatable bonds is 0. The summed E-state index contributed by atoms with van der Waals surface area (Å²) in [7, 11) is 0. The van der Waals surface area contributed by atoms with Gasteiger partial charge in [-0.25, -0.2) is 0 Å². The number of hydrogen-bond donors (Lipinski definition) is 0. The van der Waals surface area contributed by atoms with Crippen molar-refractivity contribution in [2.24, 2.45) is 0 Å². The Morgan fingerprint density at radius 2 is 0.769 bits per heavy atom. The molecule has 0 saturated heterocycles. The van der Waals surface area contributed by atoms with Crippen LogP contribution in [0.5, 0.6) is 0 Å². The molecule has 0 atom stereocenters. The van der Waals surface area contributed by atoms with E-state index in [4.69, 9.17) is 0 Å². The van der Waals surface area contributed by atoms with Gasteiger partial charge in [0.05, 0.1) is 0 Å². The van der Waals surface area contributed by atoms with Crippen molar-refractivity contribution in [1.82, 2.24) is 0 Å². The number of benzene rings is 2. The molecule has 0 bridgehead atoms. The van der Waals surface area contributed by atoms with Gasteiger partial charge in [-0.3, -0.25) is 0 Å². The van der Waals surface area contributed by atoms with E-state index in [2.05, 4.69) is 12.1 Å². The minimum atomic E-state index is 0. The van der Waals surface area contributed by atoms with Gasteiger partial charge in [0.25, 0.3) is 0 Å². The molecule has 0 saturated carbocycles. The zero-order valence-corrected chi connectivity index (χ0v) is 8.23. The van der Waals surface area contributed by atoms with Crippen molar-refractivity contribution in [3.05, 3.63) is 72.8 Å². The van der Waals surface area contributed by atoms with E-state index in [1.165, 1.54) is 0 Å². The fourth-order valence-corrected chi connectivity index (χ4v) is 0.684. The Labute approximate surface area is 90.1 Å². The third kappa shape index (κ3) is 7.32. The Kier molecular flexibility index (Phi) is 8.33. The minimum absolute atomic E-state index is 0. The first-order chi connectivity index (χ1) is 6.00. The Hall–Kier alpha value is -1.04. The largest absolute Gasteiger partial charge is 3.00 e. The molecule has 0 amide bonds. The molecule has 1 radical (unpaired) electrons. The smallest absolute Gasteiger partial charge is 0.184 e. The van der Waals surface area contributed by atoms with Crippen molar-refractivity contribution in [3.8, 4) is 0 Å². The van der Waals surface area contributed by atoms with Crippen LogP contribution >= 0.6 is 0 Å². The summed E-state index contributed by atoms with van der Waals surface area (Å²) in [6, 6.07) is 25.0. The van der Waals surface area contributed by atoms with Gasteiger partial charge in [-0.05, 0) is 0 Å². The monoisotopic (exact) mass is 210 g/mol. The van der Waals surface area contributed by atoms with Gasteiger partial charge in [0.1, 0.15) is 0 Å². The van der Waals surface area contributed by atoms with Crippen LogP contribution in [-0.2, 0) is 17.1 Å². The molecule has 2 aromatic rings. The Morgan fingerprint density at radius 3 is 0.846 bits per heavy atom. The van der Waals surface area contributed by atoms with Crippen LogP contribution in [0.2, 0.25) is 0 Å². The molecule has 0 aliphatic carbocycles. The second-order valence-electron chi connectivity index (χ2n) is 2.15. The second kappa shape index (κ2) is 9.05. The van der Waals surface area contributed by atoms with Gasteiger partial charge >= 0.3 is 17.1 Å². The van der Waals surface area contributed by atoms with E-state index in [-0.39, 0.29) is 17.1 Å². The molecule has 0 fully saturated rings. The van der Waals surface area contributed by atoms with Crippen molar-refractivity contribution in [1.29, 1.82) is 0 Å². The number of hydrogen-bond acceptors (Lipinski definition) is 0. The fraction of sp³-hybridized carbons (Fsp3) is 0. The van der Waals surface area contributed by atoms with Crippen molar-refractivity contribution < 1.29 is 17.1 Å². The predicted octanol–water partition coefficient (Wildman–Crippen LogP) is 2.97. The maximum absolute atomic E-state index is 2.89. The first-order valence-electron chi connectivity index (χ1n) is 3.82. The van der Waals surface area contributed by atoms with Crippen LogP contribution < -0.4 is 0 Å². The average molecular weight is 210 g/mol. The minimum Gasteiger partial charge on any atom is -0.184 e. The van der Waals surface area contributed by atoms with Gasteiger partial charge < -0.3 is 0 Å². The normalized spacial score (nSPS) is 7.38. The molecule has 0 N–H and O–H groups in total. The van der Waals surface area contributed by atoms with Crippen molar-refractivity contribution >= 4 is 0 Å².